The summed E-state index contributed by atoms with van der Waals surface area (Å²) in [7, 11) is 0. The first-order chi connectivity index (χ1) is 10.6. The first-order valence-corrected chi connectivity index (χ1v) is 6.57. The third-order valence-electron chi connectivity index (χ3n) is 3.10. The second-order valence-corrected chi connectivity index (χ2v) is 4.76. The van der Waals surface area contributed by atoms with Crippen molar-refractivity contribution in [3.05, 3.63) is 65.9 Å². The van der Waals surface area contributed by atoms with Gasteiger partial charge in [0.15, 0.2) is 0 Å². The molecule has 6 heteroatoms. The number of benzene rings is 1. The van der Waals surface area contributed by atoms with Gasteiger partial charge >= 0.3 is 0 Å². The number of nitrogens with zero attached hydrogens (tertiary/aromatic N) is 3. The topological polar surface area (TPSA) is 70.2 Å². The van der Waals surface area contributed by atoms with Crippen molar-refractivity contribution in [2.45, 2.75) is 6.42 Å². The molecule has 0 fully saturated rings. The molecule has 3 rings (SSSR count). The average molecular weight is 294 g/mol. The lowest BCUT2D eigenvalue weighted by atomic mass is 10.2. The standard InChI is InChI=1S/C16H11FN4O/c17-12-3-6-15-19-14(10-21(15)9-12)7-16(22)20-13-4-1-11(8-18)2-5-13/h1-6,9-10H,7H2,(H,20,22). The van der Waals surface area contributed by atoms with Crippen LogP contribution in [0.3, 0.4) is 0 Å². The summed E-state index contributed by atoms with van der Waals surface area (Å²) in [6.45, 7) is 0. The van der Waals surface area contributed by atoms with Gasteiger partial charge in [0.05, 0.1) is 23.7 Å². The molecule has 0 saturated heterocycles. The van der Waals surface area contributed by atoms with Crippen LogP contribution in [-0.2, 0) is 11.2 Å². The van der Waals surface area contributed by atoms with Gasteiger partial charge in [-0.25, -0.2) is 9.37 Å². The molecule has 0 aliphatic rings. The zero-order valence-corrected chi connectivity index (χ0v) is 11.5. The Morgan fingerprint density at radius 1 is 1.23 bits per heavy atom. The number of carbonyl (C=O) groups is 1. The number of aromatic nitrogens is 2. The summed E-state index contributed by atoms with van der Waals surface area (Å²) in [5, 5.41) is 11.4. The van der Waals surface area contributed by atoms with E-state index in [1.165, 1.54) is 12.3 Å². The van der Waals surface area contributed by atoms with E-state index in [0.29, 0.717) is 22.6 Å². The van der Waals surface area contributed by atoms with E-state index in [1.54, 1.807) is 40.9 Å². The van der Waals surface area contributed by atoms with Crippen LogP contribution in [0.1, 0.15) is 11.3 Å². The molecule has 0 bridgehead atoms. The second kappa shape index (κ2) is 5.66. The molecule has 2 heterocycles. The Bertz CT molecular complexity index is 877. The molecule has 0 aliphatic carbocycles. The maximum atomic E-state index is 13.1. The number of nitriles is 1. The molecular formula is C16H11FN4O. The van der Waals surface area contributed by atoms with Crippen LogP contribution in [0.2, 0.25) is 0 Å². The Hall–Kier alpha value is -3.20. The highest BCUT2D eigenvalue weighted by atomic mass is 19.1. The summed E-state index contributed by atoms with van der Waals surface area (Å²) in [5.41, 5.74) is 2.28. The Balaban J connectivity index is 1.71. The highest BCUT2D eigenvalue weighted by Gasteiger charge is 2.08. The molecule has 1 aromatic carbocycles. The van der Waals surface area contributed by atoms with Crippen molar-refractivity contribution in [3.8, 4) is 6.07 Å². The summed E-state index contributed by atoms with van der Waals surface area (Å²) in [4.78, 5) is 16.2. The van der Waals surface area contributed by atoms with Gasteiger partial charge in [-0.2, -0.15) is 5.26 Å². The number of hydrogen-bond donors (Lipinski definition) is 1. The fourth-order valence-corrected chi connectivity index (χ4v) is 2.10. The quantitative estimate of drug-likeness (QED) is 0.807. The van der Waals surface area contributed by atoms with Crippen molar-refractivity contribution in [3.63, 3.8) is 0 Å². The minimum atomic E-state index is -0.363. The van der Waals surface area contributed by atoms with Gasteiger partial charge in [-0.3, -0.25) is 4.79 Å². The number of anilines is 1. The number of halogens is 1. The number of amides is 1. The van der Waals surface area contributed by atoms with Crippen molar-refractivity contribution in [2.75, 3.05) is 5.32 Å². The van der Waals surface area contributed by atoms with Gasteiger partial charge in [-0.15, -0.1) is 0 Å². The molecule has 0 spiro atoms. The van der Waals surface area contributed by atoms with Crippen molar-refractivity contribution >= 4 is 17.2 Å². The fourth-order valence-electron chi connectivity index (χ4n) is 2.10. The predicted molar refractivity (Wildman–Crippen MR) is 78.6 cm³/mol. The van der Waals surface area contributed by atoms with Crippen LogP contribution in [0, 0.1) is 17.1 Å². The van der Waals surface area contributed by atoms with Crippen LogP contribution in [0.25, 0.3) is 5.65 Å². The molecule has 3 aromatic rings. The fraction of sp³-hybridized carbons (Fsp3) is 0.0625. The van der Waals surface area contributed by atoms with E-state index in [0.717, 1.165) is 0 Å². The van der Waals surface area contributed by atoms with Crippen molar-refractivity contribution in [1.82, 2.24) is 9.38 Å². The van der Waals surface area contributed by atoms with Crippen molar-refractivity contribution in [1.29, 1.82) is 5.26 Å². The number of rotatable bonds is 3. The summed E-state index contributed by atoms with van der Waals surface area (Å²) in [6, 6.07) is 11.5. The van der Waals surface area contributed by atoms with E-state index < -0.39 is 0 Å². The Morgan fingerprint density at radius 2 is 2.00 bits per heavy atom. The summed E-state index contributed by atoms with van der Waals surface area (Å²) in [5.74, 6) is -0.591. The van der Waals surface area contributed by atoms with Gasteiger partial charge in [0, 0.05) is 18.1 Å². The van der Waals surface area contributed by atoms with Gasteiger partial charge < -0.3 is 9.72 Å². The molecule has 22 heavy (non-hydrogen) atoms. The predicted octanol–water partition coefficient (Wildman–Crippen LogP) is 2.53. The molecule has 2 aromatic heterocycles. The first-order valence-electron chi connectivity index (χ1n) is 6.57. The molecule has 1 N–H and O–H groups in total. The van der Waals surface area contributed by atoms with Crippen LogP contribution in [-0.4, -0.2) is 15.3 Å². The Kier molecular flexibility index (Phi) is 3.54. The molecule has 0 unspecified atom stereocenters. The molecule has 1 amide bonds. The third-order valence-corrected chi connectivity index (χ3v) is 3.10. The lowest BCUT2D eigenvalue weighted by Crippen LogP contribution is -2.14. The van der Waals surface area contributed by atoms with Gasteiger partial charge in [-0.1, -0.05) is 0 Å². The smallest absolute Gasteiger partial charge is 0.230 e. The van der Waals surface area contributed by atoms with Gasteiger partial charge in [0.2, 0.25) is 5.91 Å². The molecule has 0 aliphatic heterocycles. The summed E-state index contributed by atoms with van der Waals surface area (Å²) >= 11 is 0. The number of imidazole rings is 1. The lowest BCUT2D eigenvalue weighted by molar-refractivity contribution is -0.115. The second-order valence-electron chi connectivity index (χ2n) is 4.76. The lowest BCUT2D eigenvalue weighted by Gasteiger charge is -2.03. The third kappa shape index (κ3) is 2.94. The largest absolute Gasteiger partial charge is 0.326 e. The number of carbonyl (C=O) groups excluding carboxylic acids is 1. The molecule has 108 valence electrons. The molecular weight excluding hydrogens is 283 g/mol. The van der Waals surface area contributed by atoms with Gasteiger partial charge in [0.1, 0.15) is 11.5 Å². The van der Waals surface area contributed by atoms with Crippen LogP contribution >= 0.6 is 0 Å². The number of hydrogen-bond acceptors (Lipinski definition) is 3. The van der Waals surface area contributed by atoms with E-state index in [1.807, 2.05) is 6.07 Å². The molecule has 0 saturated carbocycles. The molecule has 0 atom stereocenters. The maximum absolute atomic E-state index is 13.1. The minimum Gasteiger partial charge on any atom is -0.326 e. The van der Waals surface area contributed by atoms with Crippen LogP contribution < -0.4 is 5.32 Å². The maximum Gasteiger partial charge on any atom is 0.230 e. The zero-order valence-electron chi connectivity index (χ0n) is 11.5. The zero-order chi connectivity index (χ0) is 15.5. The number of pyridine rings is 1. The van der Waals surface area contributed by atoms with Crippen LogP contribution in [0.5, 0.6) is 0 Å². The van der Waals surface area contributed by atoms with Crippen LogP contribution in [0.4, 0.5) is 10.1 Å². The molecule has 5 nitrogen and oxygen atoms in total. The first kappa shape index (κ1) is 13.8. The Labute approximate surface area is 125 Å². The van der Waals surface area contributed by atoms with Gasteiger partial charge in [0.25, 0.3) is 0 Å². The minimum absolute atomic E-state index is 0.0866. The normalized spacial score (nSPS) is 10.4. The van der Waals surface area contributed by atoms with Crippen molar-refractivity contribution < 1.29 is 9.18 Å². The van der Waals surface area contributed by atoms with Crippen molar-refractivity contribution in [2.24, 2.45) is 0 Å². The Morgan fingerprint density at radius 3 is 2.73 bits per heavy atom. The van der Waals surface area contributed by atoms with E-state index in [-0.39, 0.29) is 18.1 Å². The van der Waals surface area contributed by atoms with E-state index in [2.05, 4.69) is 10.3 Å². The average Bonchev–Trinajstić information content (AvgIpc) is 2.89. The number of fused-ring (bicyclic) bond motifs is 1. The number of nitrogens with one attached hydrogen (secondary N) is 1. The summed E-state index contributed by atoms with van der Waals surface area (Å²) < 4.78 is 14.6. The van der Waals surface area contributed by atoms with Gasteiger partial charge in [-0.05, 0) is 36.4 Å². The monoisotopic (exact) mass is 294 g/mol. The summed E-state index contributed by atoms with van der Waals surface area (Å²) in [6.07, 6.45) is 3.02. The van der Waals surface area contributed by atoms with Crippen LogP contribution in [0.15, 0.2) is 48.8 Å². The molecule has 0 radical (unpaired) electrons. The highest BCUT2D eigenvalue weighted by molar-refractivity contribution is 5.92. The van der Waals surface area contributed by atoms with E-state index in [4.69, 9.17) is 5.26 Å². The van der Waals surface area contributed by atoms with E-state index in [9.17, 15) is 9.18 Å². The van der Waals surface area contributed by atoms with E-state index >= 15 is 0 Å². The highest BCUT2D eigenvalue weighted by Crippen LogP contribution is 2.11. The SMILES string of the molecule is N#Cc1ccc(NC(=O)Cc2cn3cc(F)ccc3n2)cc1.